The van der Waals surface area contributed by atoms with Gasteiger partial charge in [0.15, 0.2) is 5.16 Å². The zero-order valence-electron chi connectivity index (χ0n) is 13.6. The first-order chi connectivity index (χ1) is 11.7. The quantitative estimate of drug-likeness (QED) is 0.431. The lowest BCUT2D eigenvalue weighted by Gasteiger charge is -2.14. The van der Waals surface area contributed by atoms with Crippen molar-refractivity contribution >= 4 is 50.8 Å². The second-order valence-corrected chi connectivity index (χ2v) is 8.31. The van der Waals surface area contributed by atoms with Crippen LogP contribution in [-0.4, -0.2) is 48.9 Å². The first-order valence-electron chi connectivity index (χ1n) is 6.87. The standard InChI is InChI=1S/C14H16ClN5O3S2/c1-20(2)25(22,23)9-6-4-5-8(7-9)17-13-10(12(16)21)11(15)18-14(19-13)24-3/h4-7H,1-3H3,(H2,16,21)(H,17,18,19). The molecule has 1 aromatic heterocycles. The highest BCUT2D eigenvalue weighted by Gasteiger charge is 2.20. The minimum absolute atomic E-state index is 0.0691. The molecule has 0 aliphatic carbocycles. The maximum absolute atomic E-state index is 12.2. The molecule has 0 saturated heterocycles. The molecule has 0 fully saturated rings. The number of amides is 1. The van der Waals surface area contributed by atoms with E-state index >= 15 is 0 Å². The molecular weight excluding hydrogens is 386 g/mol. The van der Waals surface area contributed by atoms with Crippen LogP contribution in [0, 0.1) is 0 Å². The number of primary amides is 1. The summed E-state index contributed by atoms with van der Waals surface area (Å²) in [7, 11) is -0.720. The molecule has 2 rings (SSSR count). The fourth-order valence-electron chi connectivity index (χ4n) is 1.90. The fraction of sp³-hybridized carbons (Fsp3) is 0.214. The number of carbonyl (C=O) groups is 1. The number of thioether (sulfide) groups is 1. The van der Waals surface area contributed by atoms with E-state index in [2.05, 4.69) is 15.3 Å². The zero-order chi connectivity index (χ0) is 18.8. The normalized spacial score (nSPS) is 11.6. The van der Waals surface area contributed by atoms with Crippen molar-refractivity contribution in [2.45, 2.75) is 10.1 Å². The van der Waals surface area contributed by atoms with Crippen LogP contribution in [0.2, 0.25) is 5.15 Å². The van der Waals surface area contributed by atoms with Crippen molar-refractivity contribution in [3.8, 4) is 0 Å². The summed E-state index contributed by atoms with van der Waals surface area (Å²) in [6, 6.07) is 6.10. The van der Waals surface area contributed by atoms with E-state index in [1.807, 2.05) is 0 Å². The summed E-state index contributed by atoms with van der Waals surface area (Å²) >= 11 is 7.25. The summed E-state index contributed by atoms with van der Waals surface area (Å²) < 4.78 is 25.6. The number of sulfonamides is 1. The number of hydrogen-bond donors (Lipinski definition) is 2. The molecule has 0 aliphatic rings. The molecular formula is C14H16ClN5O3S2. The molecule has 0 aliphatic heterocycles. The third-order valence-corrected chi connectivity index (χ3v) is 5.78. The molecule has 1 amide bonds. The van der Waals surface area contributed by atoms with Crippen molar-refractivity contribution in [2.75, 3.05) is 25.7 Å². The Labute approximate surface area is 154 Å². The number of nitrogens with two attached hydrogens (primary N) is 1. The molecule has 0 spiro atoms. The van der Waals surface area contributed by atoms with Gasteiger partial charge in [-0.1, -0.05) is 29.4 Å². The van der Waals surface area contributed by atoms with Crippen LogP contribution in [0.15, 0.2) is 34.3 Å². The number of carbonyl (C=O) groups excluding carboxylic acids is 1. The zero-order valence-corrected chi connectivity index (χ0v) is 16.0. The van der Waals surface area contributed by atoms with Crippen LogP contribution in [0.4, 0.5) is 11.5 Å². The monoisotopic (exact) mass is 401 g/mol. The van der Waals surface area contributed by atoms with Crippen LogP contribution in [-0.2, 0) is 10.0 Å². The van der Waals surface area contributed by atoms with Crippen molar-refractivity contribution in [1.82, 2.24) is 14.3 Å². The number of rotatable bonds is 6. The number of hydrogen-bond acceptors (Lipinski definition) is 7. The molecule has 25 heavy (non-hydrogen) atoms. The second kappa shape index (κ2) is 7.56. The minimum Gasteiger partial charge on any atom is -0.365 e. The molecule has 11 heteroatoms. The molecule has 2 aromatic rings. The highest BCUT2D eigenvalue weighted by Crippen LogP contribution is 2.27. The van der Waals surface area contributed by atoms with E-state index < -0.39 is 15.9 Å². The van der Waals surface area contributed by atoms with Crippen LogP contribution >= 0.6 is 23.4 Å². The maximum Gasteiger partial charge on any atom is 0.255 e. The van der Waals surface area contributed by atoms with Gasteiger partial charge in [0.05, 0.1) is 4.90 Å². The molecule has 0 bridgehead atoms. The van der Waals surface area contributed by atoms with Crippen LogP contribution in [0.5, 0.6) is 0 Å². The third kappa shape index (κ3) is 4.21. The first kappa shape index (κ1) is 19.4. The summed E-state index contributed by atoms with van der Waals surface area (Å²) in [5.41, 5.74) is 5.69. The summed E-state index contributed by atoms with van der Waals surface area (Å²) in [5, 5.41) is 3.15. The van der Waals surface area contributed by atoms with E-state index in [9.17, 15) is 13.2 Å². The summed E-state index contributed by atoms with van der Waals surface area (Å²) in [6.07, 6.45) is 1.75. The molecule has 1 aromatic carbocycles. The van der Waals surface area contributed by atoms with Crippen molar-refractivity contribution in [3.63, 3.8) is 0 Å². The number of halogens is 1. The maximum atomic E-state index is 12.2. The highest BCUT2D eigenvalue weighted by molar-refractivity contribution is 7.98. The predicted molar refractivity (Wildman–Crippen MR) is 97.9 cm³/mol. The van der Waals surface area contributed by atoms with Crippen LogP contribution in [0.25, 0.3) is 0 Å². The van der Waals surface area contributed by atoms with E-state index in [0.717, 1.165) is 4.31 Å². The topological polar surface area (TPSA) is 118 Å². The van der Waals surface area contributed by atoms with Crippen LogP contribution in [0.1, 0.15) is 10.4 Å². The predicted octanol–water partition coefficient (Wildman–Crippen LogP) is 1.94. The van der Waals surface area contributed by atoms with E-state index in [1.54, 1.807) is 18.4 Å². The summed E-state index contributed by atoms with van der Waals surface area (Å²) in [5.74, 6) is -0.687. The van der Waals surface area contributed by atoms with Gasteiger partial charge >= 0.3 is 0 Å². The molecule has 0 atom stereocenters. The second-order valence-electron chi connectivity index (χ2n) is 5.03. The summed E-state index contributed by atoms with van der Waals surface area (Å²) in [6.45, 7) is 0. The average molecular weight is 402 g/mol. The Kier molecular flexibility index (Phi) is 5.88. The Balaban J connectivity index is 2.51. The molecule has 8 nitrogen and oxygen atoms in total. The number of nitrogens with one attached hydrogen (secondary N) is 1. The van der Waals surface area contributed by atoms with Crippen LogP contribution < -0.4 is 11.1 Å². The largest absolute Gasteiger partial charge is 0.365 e. The molecule has 0 radical (unpaired) electrons. The van der Waals surface area contributed by atoms with Gasteiger partial charge in [-0.2, -0.15) is 0 Å². The first-order valence-corrected chi connectivity index (χ1v) is 9.92. The SMILES string of the molecule is CSc1nc(Cl)c(C(N)=O)c(Nc2cccc(S(=O)(=O)N(C)C)c2)n1. The van der Waals surface area contributed by atoms with Crippen molar-refractivity contribution < 1.29 is 13.2 Å². The van der Waals surface area contributed by atoms with E-state index in [4.69, 9.17) is 17.3 Å². The van der Waals surface area contributed by atoms with E-state index in [1.165, 1.54) is 38.0 Å². The van der Waals surface area contributed by atoms with Gasteiger partial charge in [-0.25, -0.2) is 22.7 Å². The van der Waals surface area contributed by atoms with Crippen molar-refractivity contribution in [1.29, 1.82) is 0 Å². The molecule has 0 unspecified atom stereocenters. The molecule has 1 heterocycles. The molecule has 3 N–H and O–H groups in total. The number of benzene rings is 1. The lowest BCUT2D eigenvalue weighted by molar-refractivity contribution is 0.100. The Morgan fingerprint density at radius 3 is 2.56 bits per heavy atom. The average Bonchev–Trinajstić information content (AvgIpc) is 2.54. The minimum atomic E-state index is -3.60. The lowest BCUT2D eigenvalue weighted by atomic mass is 10.2. The Morgan fingerprint density at radius 2 is 2.00 bits per heavy atom. The van der Waals surface area contributed by atoms with Gasteiger partial charge in [-0.15, -0.1) is 0 Å². The Bertz CT molecular complexity index is 919. The number of anilines is 2. The van der Waals surface area contributed by atoms with Gasteiger partial charge < -0.3 is 11.1 Å². The van der Waals surface area contributed by atoms with Gasteiger partial charge in [-0.3, -0.25) is 4.79 Å². The number of nitrogens with zero attached hydrogens (tertiary/aromatic N) is 3. The van der Waals surface area contributed by atoms with Gasteiger partial charge in [0.25, 0.3) is 5.91 Å². The van der Waals surface area contributed by atoms with Gasteiger partial charge in [0, 0.05) is 19.8 Å². The summed E-state index contributed by atoms with van der Waals surface area (Å²) in [4.78, 5) is 19.9. The van der Waals surface area contributed by atoms with Crippen molar-refractivity contribution in [2.24, 2.45) is 5.73 Å². The smallest absolute Gasteiger partial charge is 0.255 e. The Hall–Kier alpha value is -1.88. The molecule has 0 saturated carbocycles. The lowest BCUT2D eigenvalue weighted by Crippen LogP contribution is -2.22. The number of aromatic nitrogens is 2. The van der Waals surface area contributed by atoms with Gasteiger partial charge in [0.1, 0.15) is 16.5 Å². The van der Waals surface area contributed by atoms with Gasteiger partial charge in [0.2, 0.25) is 10.0 Å². The highest BCUT2D eigenvalue weighted by atomic mass is 35.5. The molecule has 134 valence electrons. The fourth-order valence-corrected chi connectivity index (χ4v) is 3.52. The van der Waals surface area contributed by atoms with Crippen LogP contribution in [0.3, 0.4) is 0 Å². The van der Waals surface area contributed by atoms with Crippen molar-refractivity contribution in [3.05, 3.63) is 35.0 Å². The Morgan fingerprint density at radius 1 is 1.32 bits per heavy atom. The van der Waals surface area contributed by atoms with E-state index in [-0.39, 0.29) is 21.4 Å². The van der Waals surface area contributed by atoms with Gasteiger partial charge in [-0.05, 0) is 24.5 Å². The third-order valence-electron chi connectivity index (χ3n) is 3.15. The van der Waals surface area contributed by atoms with E-state index in [0.29, 0.717) is 10.8 Å².